The number of esters is 1. The molecule has 6 heteroatoms. The number of aliphatic hydroxyl groups is 1. The predicted octanol–water partition coefficient (Wildman–Crippen LogP) is 1.19. The van der Waals surface area contributed by atoms with Gasteiger partial charge in [-0.15, -0.1) is 0 Å². The Kier molecular flexibility index (Phi) is 4.79. The van der Waals surface area contributed by atoms with E-state index in [9.17, 15) is 9.90 Å². The van der Waals surface area contributed by atoms with E-state index in [-0.39, 0.29) is 6.61 Å². The largest absolute Gasteiger partial charge is 0.465 e. The summed E-state index contributed by atoms with van der Waals surface area (Å²) < 4.78 is 4.72. The van der Waals surface area contributed by atoms with E-state index in [4.69, 9.17) is 10.5 Å². The monoisotopic (exact) mass is 279 g/mol. The van der Waals surface area contributed by atoms with Crippen LogP contribution in [-0.4, -0.2) is 42.4 Å². The number of aliphatic hydroxyl groups excluding tert-OH is 1. The first kappa shape index (κ1) is 14.6. The molecule has 1 saturated carbocycles. The highest BCUT2D eigenvalue weighted by atomic mass is 16.5. The van der Waals surface area contributed by atoms with Gasteiger partial charge >= 0.3 is 5.97 Å². The Morgan fingerprint density at radius 3 is 2.85 bits per heavy atom. The van der Waals surface area contributed by atoms with Crippen molar-refractivity contribution in [3.63, 3.8) is 0 Å². The van der Waals surface area contributed by atoms with Crippen LogP contribution in [0.3, 0.4) is 0 Å². The lowest BCUT2D eigenvalue weighted by molar-refractivity contribution is 0.0602. The number of rotatable bonds is 5. The van der Waals surface area contributed by atoms with Crippen LogP contribution in [0, 0.1) is 0 Å². The van der Waals surface area contributed by atoms with Crippen LogP contribution in [0.1, 0.15) is 36.0 Å². The van der Waals surface area contributed by atoms with E-state index in [2.05, 4.69) is 9.88 Å². The summed E-state index contributed by atoms with van der Waals surface area (Å²) in [7, 11) is 1.32. The summed E-state index contributed by atoms with van der Waals surface area (Å²) in [5, 5.41) is 9.25. The number of ether oxygens (including phenoxy) is 1. The van der Waals surface area contributed by atoms with E-state index in [0.717, 1.165) is 12.8 Å². The van der Waals surface area contributed by atoms with Crippen molar-refractivity contribution in [3.05, 3.63) is 17.8 Å². The van der Waals surface area contributed by atoms with Crippen molar-refractivity contribution in [2.45, 2.75) is 31.7 Å². The lowest BCUT2D eigenvalue weighted by Gasteiger charge is -2.29. The van der Waals surface area contributed by atoms with Gasteiger partial charge in [-0.1, -0.05) is 12.8 Å². The summed E-state index contributed by atoms with van der Waals surface area (Å²) >= 11 is 0. The Balaban J connectivity index is 2.30. The molecule has 0 bridgehead atoms. The first-order valence-electron chi connectivity index (χ1n) is 6.88. The third-order valence-corrected chi connectivity index (χ3v) is 3.73. The third-order valence-electron chi connectivity index (χ3n) is 3.73. The van der Waals surface area contributed by atoms with Crippen molar-refractivity contribution in [3.8, 4) is 0 Å². The summed E-state index contributed by atoms with van der Waals surface area (Å²) in [5.74, 6) is 0.196. The molecule has 20 heavy (non-hydrogen) atoms. The van der Waals surface area contributed by atoms with Gasteiger partial charge in [0, 0.05) is 12.6 Å². The van der Waals surface area contributed by atoms with Crippen LogP contribution in [-0.2, 0) is 4.74 Å². The zero-order valence-electron chi connectivity index (χ0n) is 11.7. The lowest BCUT2D eigenvalue weighted by atomic mass is 10.1. The van der Waals surface area contributed by atoms with Gasteiger partial charge in [-0.3, -0.25) is 0 Å². The number of nitrogens with zero attached hydrogens (tertiary/aromatic N) is 2. The van der Waals surface area contributed by atoms with Crippen molar-refractivity contribution in [2.24, 2.45) is 0 Å². The minimum absolute atomic E-state index is 0.0517. The van der Waals surface area contributed by atoms with Gasteiger partial charge in [0.25, 0.3) is 0 Å². The fourth-order valence-electron chi connectivity index (χ4n) is 2.71. The second kappa shape index (κ2) is 6.56. The molecule has 1 aromatic heterocycles. The number of nitrogens with two attached hydrogens (primary N) is 1. The van der Waals surface area contributed by atoms with Crippen LogP contribution >= 0.6 is 0 Å². The molecule has 0 radical (unpaired) electrons. The number of hydrogen-bond acceptors (Lipinski definition) is 6. The minimum atomic E-state index is -0.471. The maximum Gasteiger partial charge on any atom is 0.340 e. The highest BCUT2D eigenvalue weighted by molar-refractivity contribution is 5.95. The van der Waals surface area contributed by atoms with Gasteiger partial charge in [-0.05, 0) is 18.9 Å². The van der Waals surface area contributed by atoms with E-state index in [0.29, 0.717) is 29.7 Å². The van der Waals surface area contributed by atoms with Crippen LogP contribution in [0.5, 0.6) is 0 Å². The smallest absolute Gasteiger partial charge is 0.340 e. The van der Waals surface area contributed by atoms with Crippen molar-refractivity contribution < 1.29 is 14.6 Å². The van der Waals surface area contributed by atoms with Gasteiger partial charge < -0.3 is 20.5 Å². The second-order valence-electron chi connectivity index (χ2n) is 4.98. The third kappa shape index (κ3) is 3.01. The summed E-state index contributed by atoms with van der Waals surface area (Å²) in [4.78, 5) is 18.0. The average molecular weight is 279 g/mol. The molecular formula is C14H21N3O3. The summed E-state index contributed by atoms with van der Waals surface area (Å²) in [6.45, 7) is 0.554. The van der Waals surface area contributed by atoms with E-state index in [1.54, 1.807) is 6.07 Å². The zero-order valence-corrected chi connectivity index (χ0v) is 11.7. The molecule has 110 valence electrons. The van der Waals surface area contributed by atoms with E-state index < -0.39 is 5.97 Å². The number of pyridine rings is 1. The highest BCUT2D eigenvalue weighted by Gasteiger charge is 2.24. The average Bonchev–Trinajstić information content (AvgIpc) is 2.98. The molecule has 0 saturated heterocycles. The molecule has 0 amide bonds. The molecule has 0 spiro atoms. The number of aromatic nitrogens is 1. The second-order valence-corrected chi connectivity index (χ2v) is 4.98. The molecule has 0 aromatic carbocycles. The summed E-state index contributed by atoms with van der Waals surface area (Å²) in [5.41, 5.74) is 6.38. The van der Waals surface area contributed by atoms with Crippen molar-refractivity contribution in [1.82, 2.24) is 4.98 Å². The molecule has 0 atom stereocenters. The molecule has 0 unspecified atom stereocenters. The molecule has 0 aliphatic heterocycles. The van der Waals surface area contributed by atoms with Crippen LogP contribution in [0.15, 0.2) is 12.3 Å². The number of carbonyl (C=O) groups is 1. The Morgan fingerprint density at radius 2 is 2.25 bits per heavy atom. The molecule has 2 rings (SSSR count). The predicted molar refractivity (Wildman–Crippen MR) is 76.7 cm³/mol. The van der Waals surface area contributed by atoms with Crippen molar-refractivity contribution in [1.29, 1.82) is 0 Å². The van der Waals surface area contributed by atoms with Crippen molar-refractivity contribution >= 4 is 17.5 Å². The first-order chi connectivity index (χ1) is 9.67. The Morgan fingerprint density at radius 1 is 1.55 bits per heavy atom. The normalized spacial score (nSPS) is 15.3. The van der Waals surface area contributed by atoms with Crippen LogP contribution < -0.4 is 10.6 Å². The Bertz CT molecular complexity index is 473. The van der Waals surface area contributed by atoms with Crippen LogP contribution in [0.2, 0.25) is 0 Å². The molecular weight excluding hydrogens is 258 g/mol. The SMILES string of the molecule is COC(=O)c1cc(N(CCO)C2CCCC2)ncc1N. The van der Waals surface area contributed by atoms with Gasteiger partial charge in [0.1, 0.15) is 5.82 Å². The lowest BCUT2D eigenvalue weighted by Crippen LogP contribution is -2.36. The Labute approximate surface area is 118 Å². The molecule has 1 aromatic rings. The summed E-state index contributed by atoms with van der Waals surface area (Å²) in [6, 6.07) is 2.01. The Hall–Kier alpha value is -1.82. The number of anilines is 2. The van der Waals surface area contributed by atoms with E-state index >= 15 is 0 Å². The fourth-order valence-corrected chi connectivity index (χ4v) is 2.71. The van der Waals surface area contributed by atoms with Gasteiger partial charge in [-0.25, -0.2) is 9.78 Å². The van der Waals surface area contributed by atoms with Gasteiger partial charge in [0.05, 0.1) is 31.2 Å². The van der Waals surface area contributed by atoms with Gasteiger partial charge in [-0.2, -0.15) is 0 Å². The van der Waals surface area contributed by atoms with Crippen LogP contribution in [0.25, 0.3) is 0 Å². The minimum Gasteiger partial charge on any atom is -0.465 e. The van der Waals surface area contributed by atoms with Crippen LogP contribution in [0.4, 0.5) is 11.5 Å². The van der Waals surface area contributed by atoms with Crippen molar-refractivity contribution in [2.75, 3.05) is 30.9 Å². The summed E-state index contributed by atoms with van der Waals surface area (Å²) in [6.07, 6.45) is 6.01. The van der Waals surface area contributed by atoms with E-state index in [1.807, 2.05) is 0 Å². The quantitative estimate of drug-likeness (QED) is 0.787. The molecule has 6 nitrogen and oxygen atoms in total. The zero-order chi connectivity index (χ0) is 14.5. The molecule has 3 N–H and O–H groups in total. The molecule has 1 aliphatic carbocycles. The molecule has 1 heterocycles. The van der Waals surface area contributed by atoms with Gasteiger partial charge in [0.15, 0.2) is 0 Å². The molecule has 1 aliphatic rings. The standard InChI is InChI=1S/C14H21N3O3/c1-20-14(19)11-8-13(16-9-12(11)15)17(6-7-18)10-4-2-3-5-10/h8-10,18H,2-7,15H2,1H3. The number of carbonyl (C=O) groups excluding carboxylic acids is 1. The number of methoxy groups -OCH3 is 1. The molecule has 1 fully saturated rings. The fraction of sp³-hybridized carbons (Fsp3) is 0.571. The number of hydrogen-bond donors (Lipinski definition) is 2. The van der Waals surface area contributed by atoms with Gasteiger partial charge in [0.2, 0.25) is 0 Å². The highest BCUT2D eigenvalue weighted by Crippen LogP contribution is 2.28. The number of nitrogen functional groups attached to an aromatic ring is 1. The van der Waals surface area contributed by atoms with E-state index in [1.165, 1.54) is 26.1 Å². The first-order valence-corrected chi connectivity index (χ1v) is 6.88. The maximum absolute atomic E-state index is 11.7. The topological polar surface area (TPSA) is 88.7 Å². The maximum atomic E-state index is 11.7.